The quantitative estimate of drug-likeness (QED) is 0.691. The van der Waals surface area contributed by atoms with Crippen LogP contribution in [0.4, 0.5) is 0 Å². The molecule has 68 valence electrons. The van der Waals surface area contributed by atoms with E-state index in [1.54, 1.807) is 5.57 Å². The molecule has 1 N–H and O–H groups in total. The van der Waals surface area contributed by atoms with Crippen molar-refractivity contribution < 1.29 is 0 Å². The maximum absolute atomic E-state index is 3.24. The summed E-state index contributed by atoms with van der Waals surface area (Å²) in [4.78, 5) is 0. The molecule has 1 aromatic carbocycles. The minimum Gasteiger partial charge on any atom is -0.309 e. The van der Waals surface area contributed by atoms with Gasteiger partial charge in [0.2, 0.25) is 0 Å². The van der Waals surface area contributed by atoms with E-state index >= 15 is 0 Å². The highest BCUT2D eigenvalue weighted by Gasteiger charge is 2.04. The van der Waals surface area contributed by atoms with E-state index < -0.39 is 0 Å². The number of allylic oxidation sites excluding steroid dienone is 1. The fraction of sp³-hybridized carbons (Fsp3) is 0.333. The van der Waals surface area contributed by atoms with Crippen LogP contribution in [0.1, 0.15) is 12.0 Å². The van der Waals surface area contributed by atoms with Gasteiger partial charge in [-0.25, -0.2) is 0 Å². The van der Waals surface area contributed by atoms with Gasteiger partial charge in [0, 0.05) is 13.1 Å². The van der Waals surface area contributed by atoms with E-state index in [9.17, 15) is 0 Å². The van der Waals surface area contributed by atoms with E-state index in [2.05, 4.69) is 41.7 Å². The molecule has 1 fully saturated rings. The lowest BCUT2D eigenvalue weighted by molar-refractivity contribution is 0.662. The first-order chi connectivity index (χ1) is 6.45. The number of benzene rings is 1. The average molecular weight is 173 g/mol. The maximum Gasteiger partial charge on any atom is 0.0180 e. The van der Waals surface area contributed by atoms with Gasteiger partial charge in [0.25, 0.3) is 0 Å². The van der Waals surface area contributed by atoms with E-state index in [0.717, 1.165) is 13.1 Å². The minimum atomic E-state index is 1.11. The average Bonchev–Trinajstić information content (AvgIpc) is 2.11. The molecule has 1 aromatic rings. The van der Waals surface area contributed by atoms with Crippen LogP contribution in [0.3, 0.4) is 0 Å². The summed E-state index contributed by atoms with van der Waals surface area (Å²) in [7, 11) is 0. The van der Waals surface area contributed by atoms with Crippen LogP contribution in [0.2, 0.25) is 0 Å². The molecule has 13 heavy (non-hydrogen) atoms. The fourth-order valence-corrected chi connectivity index (χ4v) is 1.50. The first kappa shape index (κ1) is 8.52. The molecule has 2 rings (SSSR count). The summed E-state index contributed by atoms with van der Waals surface area (Å²) in [6.45, 7) is 2.21. The Bertz CT molecular complexity index is 281. The Hall–Kier alpha value is -1.08. The molecule has 0 unspecified atom stereocenters. The Morgan fingerprint density at radius 1 is 1.15 bits per heavy atom. The van der Waals surface area contributed by atoms with E-state index in [4.69, 9.17) is 0 Å². The van der Waals surface area contributed by atoms with Crippen molar-refractivity contribution >= 4 is 0 Å². The van der Waals surface area contributed by atoms with Crippen molar-refractivity contribution in [3.8, 4) is 0 Å². The lowest BCUT2D eigenvalue weighted by Gasteiger charge is -2.18. The van der Waals surface area contributed by atoms with E-state index in [1.807, 2.05) is 0 Å². The van der Waals surface area contributed by atoms with Crippen LogP contribution in [0.25, 0.3) is 0 Å². The summed E-state index contributed by atoms with van der Waals surface area (Å²) in [5.74, 6) is 0. The minimum absolute atomic E-state index is 1.11. The predicted molar refractivity (Wildman–Crippen MR) is 55.7 cm³/mol. The van der Waals surface area contributed by atoms with Crippen LogP contribution in [0.15, 0.2) is 42.0 Å². The number of rotatable bonds is 3. The van der Waals surface area contributed by atoms with Crippen LogP contribution in [-0.4, -0.2) is 13.1 Å². The predicted octanol–water partition coefficient (Wildman–Crippen LogP) is 2.15. The van der Waals surface area contributed by atoms with Gasteiger partial charge in [-0.05, 0) is 24.0 Å². The molecule has 0 amide bonds. The van der Waals surface area contributed by atoms with Gasteiger partial charge in [-0.15, -0.1) is 0 Å². The maximum atomic E-state index is 3.24. The second-order valence-electron chi connectivity index (χ2n) is 3.49. The van der Waals surface area contributed by atoms with Crippen LogP contribution >= 0.6 is 0 Å². The van der Waals surface area contributed by atoms with Crippen LogP contribution in [0.5, 0.6) is 0 Å². The van der Waals surface area contributed by atoms with E-state index in [-0.39, 0.29) is 0 Å². The van der Waals surface area contributed by atoms with Crippen molar-refractivity contribution in [1.82, 2.24) is 5.32 Å². The third kappa shape index (κ3) is 2.43. The number of hydrogen-bond donors (Lipinski definition) is 1. The third-order valence-corrected chi connectivity index (χ3v) is 2.41. The summed E-state index contributed by atoms with van der Waals surface area (Å²) >= 11 is 0. The zero-order valence-corrected chi connectivity index (χ0v) is 7.79. The molecular formula is C12H15N. The van der Waals surface area contributed by atoms with Crippen molar-refractivity contribution in [2.24, 2.45) is 0 Å². The van der Waals surface area contributed by atoms with Gasteiger partial charge in [-0.1, -0.05) is 36.4 Å². The molecule has 1 heterocycles. The van der Waals surface area contributed by atoms with Crippen molar-refractivity contribution in [1.29, 1.82) is 0 Å². The fourth-order valence-electron chi connectivity index (χ4n) is 1.50. The van der Waals surface area contributed by atoms with E-state index in [1.165, 1.54) is 18.4 Å². The highest BCUT2D eigenvalue weighted by molar-refractivity contribution is 5.18. The summed E-state index contributed by atoms with van der Waals surface area (Å²) in [6, 6.07) is 10.7. The third-order valence-electron chi connectivity index (χ3n) is 2.41. The molecule has 0 spiro atoms. The Morgan fingerprint density at radius 2 is 1.92 bits per heavy atom. The number of aryl methyl sites for hydroxylation is 1. The summed E-state index contributed by atoms with van der Waals surface area (Å²) in [5, 5.41) is 3.24. The molecular weight excluding hydrogens is 158 g/mol. The molecule has 1 aliphatic rings. The van der Waals surface area contributed by atoms with Gasteiger partial charge in [0.15, 0.2) is 0 Å². The van der Waals surface area contributed by atoms with Crippen LogP contribution < -0.4 is 5.32 Å². The van der Waals surface area contributed by atoms with Gasteiger partial charge in [-0.3, -0.25) is 0 Å². The van der Waals surface area contributed by atoms with Gasteiger partial charge in [0.1, 0.15) is 0 Å². The molecule has 0 radical (unpaired) electrons. The summed E-state index contributed by atoms with van der Waals surface area (Å²) < 4.78 is 0. The second-order valence-corrected chi connectivity index (χ2v) is 3.49. The molecule has 0 atom stereocenters. The van der Waals surface area contributed by atoms with Crippen molar-refractivity contribution in [3.05, 3.63) is 47.5 Å². The molecule has 0 saturated carbocycles. The molecule has 1 aliphatic heterocycles. The van der Waals surface area contributed by atoms with Crippen LogP contribution in [0, 0.1) is 0 Å². The molecule has 0 bridgehead atoms. The molecule has 1 nitrogen and oxygen atoms in total. The summed E-state index contributed by atoms with van der Waals surface area (Å²) in [6.07, 6.45) is 4.72. The first-order valence-electron chi connectivity index (χ1n) is 4.88. The Balaban J connectivity index is 1.79. The highest BCUT2D eigenvalue weighted by Crippen LogP contribution is 2.06. The first-order valence-corrected chi connectivity index (χ1v) is 4.88. The molecule has 1 heteroatoms. The highest BCUT2D eigenvalue weighted by atomic mass is 14.9. The zero-order chi connectivity index (χ0) is 8.93. The SMILES string of the molecule is C(CCc1ccccc1)=C1CNC1. The monoisotopic (exact) mass is 173 g/mol. The number of nitrogens with one attached hydrogen (secondary N) is 1. The van der Waals surface area contributed by atoms with Gasteiger partial charge in [-0.2, -0.15) is 0 Å². The summed E-state index contributed by atoms with van der Waals surface area (Å²) in [5.41, 5.74) is 3.00. The number of hydrogen-bond acceptors (Lipinski definition) is 1. The lowest BCUT2D eigenvalue weighted by Crippen LogP contribution is -2.33. The molecule has 1 saturated heterocycles. The van der Waals surface area contributed by atoms with Crippen molar-refractivity contribution in [3.63, 3.8) is 0 Å². The lowest BCUT2D eigenvalue weighted by atomic mass is 10.1. The van der Waals surface area contributed by atoms with E-state index in [0.29, 0.717) is 0 Å². The molecule has 0 aromatic heterocycles. The van der Waals surface area contributed by atoms with Gasteiger partial charge < -0.3 is 5.32 Å². The Morgan fingerprint density at radius 3 is 2.54 bits per heavy atom. The Labute approximate surface area is 79.5 Å². The largest absolute Gasteiger partial charge is 0.309 e. The smallest absolute Gasteiger partial charge is 0.0180 e. The van der Waals surface area contributed by atoms with Crippen molar-refractivity contribution in [2.45, 2.75) is 12.8 Å². The van der Waals surface area contributed by atoms with Gasteiger partial charge >= 0.3 is 0 Å². The molecule has 0 aliphatic carbocycles. The standard InChI is InChI=1S/C12H15N/c1-2-5-11(6-3-1)7-4-8-12-9-13-10-12/h1-3,5-6,8,13H,4,7,9-10H2. The van der Waals surface area contributed by atoms with Crippen LogP contribution in [-0.2, 0) is 6.42 Å². The van der Waals surface area contributed by atoms with Gasteiger partial charge in [0.05, 0.1) is 0 Å². The normalized spacial score (nSPS) is 15.2. The second kappa shape index (κ2) is 4.24. The Kier molecular flexibility index (Phi) is 2.78. The topological polar surface area (TPSA) is 12.0 Å². The zero-order valence-electron chi connectivity index (χ0n) is 7.79. The van der Waals surface area contributed by atoms with Crippen molar-refractivity contribution in [2.75, 3.05) is 13.1 Å².